The molecule has 3 aromatic heterocycles. The summed E-state index contributed by atoms with van der Waals surface area (Å²) >= 11 is 0. The molecule has 1 fully saturated rings. The molecule has 1 aliphatic heterocycles. The molecule has 0 bridgehead atoms. The van der Waals surface area contributed by atoms with Gasteiger partial charge >= 0.3 is 0 Å². The van der Waals surface area contributed by atoms with Crippen LogP contribution in [0, 0.1) is 6.92 Å². The fraction of sp³-hybridized carbons (Fsp3) is 0.294. The van der Waals surface area contributed by atoms with Crippen molar-refractivity contribution >= 4 is 5.82 Å². The molecule has 0 aromatic carbocycles. The molecule has 0 N–H and O–H groups in total. The molecule has 0 saturated carbocycles. The van der Waals surface area contributed by atoms with E-state index in [9.17, 15) is 0 Å². The van der Waals surface area contributed by atoms with Gasteiger partial charge in [0.15, 0.2) is 0 Å². The molecule has 3 aromatic rings. The van der Waals surface area contributed by atoms with Crippen LogP contribution in [-0.4, -0.2) is 31.0 Å². The zero-order valence-corrected chi connectivity index (χ0v) is 13.0. The maximum atomic E-state index is 4.83. The van der Waals surface area contributed by atoms with Crippen LogP contribution in [0.5, 0.6) is 0 Å². The molecule has 0 spiro atoms. The van der Waals surface area contributed by atoms with Crippen molar-refractivity contribution in [2.75, 3.05) is 11.4 Å². The Bertz CT molecular complexity index is 798. The van der Waals surface area contributed by atoms with Crippen LogP contribution in [0.4, 0.5) is 5.82 Å². The van der Waals surface area contributed by atoms with Crippen LogP contribution in [-0.2, 0) is 0 Å². The van der Waals surface area contributed by atoms with E-state index in [0.717, 1.165) is 42.4 Å². The molecule has 4 heterocycles. The van der Waals surface area contributed by atoms with Crippen LogP contribution in [0.15, 0.2) is 49.3 Å². The van der Waals surface area contributed by atoms with Gasteiger partial charge in [0.25, 0.3) is 0 Å². The third-order valence-electron chi connectivity index (χ3n) is 4.20. The monoisotopic (exact) mass is 306 g/mol. The number of rotatable bonds is 3. The maximum absolute atomic E-state index is 4.83. The molecule has 1 aliphatic rings. The molecular weight excluding hydrogens is 288 g/mol. The Hall–Kier alpha value is -2.76. The Kier molecular flexibility index (Phi) is 3.49. The van der Waals surface area contributed by atoms with E-state index < -0.39 is 0 Å². The summed E-state index contributed by atoms with van der Waals surface area (Å²) in [6, 6.07) is 8.45. The first-order valence-electron chi connectivity index (χ1n) is 7.82. The zero-order valence-electron chi connectivity index (χ0n) is 13.0. The van der Waals surface area contributed by atoms with Crippen LogP contribution in [0.3, 0.4) is 0 Å². The average molecular weight is 306 g/mol. The van der Waals surface area contributed by atoms with Gasteiger partial charge in [-0.3, -0.25) is 4.57 Å². The molecule has 4 rings (SSSR count). The summed E-state index contributed by atoms with van der Waals surface area (Å²) in [6.07, 6.45) is 9.31. The van der Waals surface area contributed by atoms with E-state index in [2.05, 4.69) is 32.0 Å². The summed E-state index contributed by atoms with van der Waals surface area (Å²) in [5.74, 6) is 1.88. The van der Waals surface area contributed by atoms with Gasteiger partial charge in [-0.1, -0.05) is 6.07 Å². The molecule has 0 aliphatic carbocycles. The summed E-state index contributed by atoms with van der Waals surface area (Å²) in [4.78, 5) is 19.9. The lowest BCUT2D eigenvalue weighted by atomic mass is 10.1. The summed E-state index contributed by atoms with van der Waals surface area (Å²) in [5.41, 5.74) is 2.06. The minimum absolute atomic E-state index is 0.257. The average Bonchev–Trinajstić information content (AvgIpc) is 3.27. The largest absolute Gasteiger partial charge is 0.348 e. The first-order valence-corrected chi connectivity index (χ1v) is 7.82. The first-order chi connectivity index (χ1) is 11.3. The van der Waals surface area contributed by atoms with Crippen molar-refractivity contribution in [3.63, 3.8) is 0 Å². The van der Waals surface area contributed by atoms with Crippen molar-refractivity contribution in [3.05, 3.63) is 60.7 Å². The summed E-state index contributed by atoms with van der Waals surface area (Å²) in [5, 5.41) is 0. The van der Waals surface area contributed by atoms with Crippen molar-refractivity contribution in [2.45, 2.75) is 25.8 Å². The van der Waals surface area contributed by atoms with E-state index in [1.807, 2.05) is 29.8 Å². The van der Waals surface area contributed by atoms with Crippen LogP contribution in [0.2, 0.25) is 0 Å². The number of imidazole rings is 1. The number of pyridine rings is 1. The number of hydrogen-bond donors (Lipinski definition) is 0. The van der Waals surface area contributed by atoms with E-state index in [1.54, 1.807) is 18.9 Å². The van der Waals surface area contributed by atoms with Gasteiger partial charge in [0.05, 0.1) is 11.7 Å². The highest BCUT2D eigenvalue weighted by atomic mass is 15.2. The van der Waals surface area contributed by atoms with Crippen LogP contribution in [0.25, 0.3) is 5.82 Å². The van der Waals surface area contributed by atoms with E-state index in [-0.39, 0.29) is 6.04 Å². The van der Waals surface area contributed by atoms with E-state index in [0.29, 0.717) is 0 Å². The van der Waals surface area contributed by atoms with Crippen molar-refractivity contribution in [1.82, 2.24) is 24.5 Å². The lowest BCUT2D eigenvalue weighted by Crippen LogP contribution is -2.24. The highest BCUT2D eigenvalue weighted by molar-refractivity contribution is 5.43. The standard InChI is InChI=1S/C17H18N6/c1-13-10-17(20-11-19-13)23-8-3-5-15(23)14-4-2-6-16(21-14)22-9-7-18-12-22/h2,4,6-7,9-12,15H,3,5,8H2,1H3. The van der Waals surface area contributed by atoms with Gasteiger partial charge in [-0.2, -0.15) is 0 Å². The number of aromatic nitrogens is 5. The Morgan fingerprint density at radius 1 is 1.17 bits per heavy atom. The molecule has 6 nitrogen and oxygen atoms in total. The van der Waals surface area contributed by atoms with E-state index in [4.69, 9.17) is 4.98 Å². The van der Waals surface area contributed by atoms with Gasteiger partial charge in [0.1, 0.15) is 24.3 Å². The van der Waals surface area contributed by atoms with Crippen LogP contribution in [0.1, 0.15) is 30.3 Å². The lowest BCUT2D eigenvalue weighted by Gasteiger charge is -2.25. The quantitative estimate of drug-likeness (QED) is 0.744. The molecule has 23 heavy (non-hydrogen) atoms. The van der Waals surface area contributed by atoms with E-state index in [1.165, 1.54) is 0 Å². The zero-order chi connectivity index (χ0) is 15.6. The second-order valence-electron chi connectivity index (χ2n) is 5.76. The van der Waals surface area contributed by atoms with Crippen molar-refractivity contribution in [1.29, 1.82) is 0 Å². The van der Waals surface area contributed by atoms with Crippen molar-refractivity contribution in [2.24, 2.45) is 0 Å². The number of nitrogens with zero attached hydrogens (tertiary/aromatic N) is 6. The SMILES string of the molecule is Cc1cc(N2CCCC2c2cccc(-n3ccnc3)n2)ncn1. The Labute approximate surface area is 134 Å². The Morgan fingerprint density at radius 2 is 2.13 bits per heavy atom. The van der Waals surface area contributed by atoms with Gasteiger partial charge in [0, 0.05) is 30.7 Å². The number of aryl methyl sites for hydroxylation is 1. The second-order valence-corrected chi connectivity index (χ2v) is 5.76. The highest BCUT2D eigenvalue weighted by Gasteiger charge is 2.28. The Balaban J connectivity index is 1.68. The molecule has 1 saturated heterocycles. The molecule has 6 heteroatoms. The third kappa shape index (κ3) is 2.67. The topological polar surface area (TPSA) is 59.7 Å². The maximum Gasteiger partial charge on any atom is 0.138 e. The summed E-state index contributed by atoms with van der Waals surface area (Å²) in [6.45, 7) is 2.99. The number of hydrogen-bond acceptors (Lipinski definition) is 5. The fourth-order valence-electron chi connectivity index (χ4n) is 3.11. The smallest absolute Gasteiger partial charge is 0.138 e. The minimum Gasteiger partial charge on any atom is -0.348 e. The third-order valence-corrected chi connectivity index (χ3v) is 4.20. The molecule has 1 unspecified atom stereocenters. The molecule has 1 atom stereocenters. The van der Waals surface area contributed by atoms with Gasteiger partial charge < -0.3 is 4.90 Å². The highest BCUT2D eigenvalue weighted by Crippen LogP contribution is 2.34. The van der Waals surface area contributed by atoms with Crippen molar-refractivity contribution < 1.29 is 0 Å². The minimum atomic E-state index is 0.257. The predicted molar refractivity (Wildman–Crippen MR) is 87.4 cm³/mol. The van der Waals surface area contributed by atoms with Crippen molar-refractivity contribution in [3.8, 4) is 5.82 Å². The normalized spacial score (nSPS) is 17.6. The summed E-state index contributed by atoms with van der Waals surface area (Å²) in [7, 11) is 0. The van der Waals surface area contributed by atoms with Crippen LogP contribution < -0.4 is 4.90 Å². The predicted octanol–water partition coefficient (Wildman–Crippen LogP) is 2.71. The van der Waals surface area contributed by atoms with Gasteiger partial charge in [-0.05, 0) is 31.9 Å². The first kappa shape index (κ1) is 13.9. The van der Waals surface area contributed by atoms with E-state index >= 15 is 0 Å². The molecule has 0 amide bonds. The molecule has 116 valence electrons. The van der Waals surface area contributed by atoms with Gasteiger partial charge in [-0.25, -0.2) is 19.9 Å². The fourth-order valence-corrected chi connectivity index (χ4v) is 3.11. The lowest BCUT2D eigenvalue weighted by molar-refractivity contribution is 0.683. The van der Waals surface area contributed by atoms with Crippen LogP contribution >= 0.6 is 0 Å². The molecule has 0 radical (unpaired) electrons. The summed E-state index contributed by atoms with van der Waals surface area (Å²) < 4.78 is 1.93. The van der Waals surface area contributed by atoms with Gasteiger partial charge in [0.2, 0.25) is 0 Å². The Morgan fingerprint density at radius 3 is 2.96 bits per heavy atom. The number of anilines is 1. The second kappa shape index (κ2) is 5.79. The van der Waals surface area contributed by atoms with Gasteiger partial charge in [-0.15, -0.1) is 0 Å². The molecular formula is C17H18N6.